The number of hydrogen-bond donors (Lipinski definition) is 2. The standard InChI is InChI=1S/C15H8BrClN2O4S/c16-12-4-2-8(23-12)6-11-13(20)19-15(24-11)18-7-1-3-10(17)9(5-7)14(21)22/h1-6H,(H,21,22)(H,18,19,20)/b11-6-. The number of halogens is 2. The van der Waals surface area contributed by atoms with Crippen molar-refractivity contribution in [2.24, 2.45) is 4.99 Å². The van der Waals surface area contributed by atoms with Crippen molar-refractivity contribution in [3.05, 3.63) is 56.3 Å². The third-order valence-corrected chi connectivity index (χ3v) is 4.59. The van der Waals surface area contributed by atoms with Crippen molar-refractivity contribution in [1.82, 2.24) is 5.32 Å². The van der Waals surface area contributed by atoms with Crippen molar-refractivity contribution in [2.45, 2.75) is 0 Å². The molecule has 2 heterocycles. The summed E-state index contributed by atoms with van der Waals surface area (Å²) in [6, 6.07) is 7.80. The summed E-state index contributed by atoms with van der Waals surface area (Å²) in [5.74, 6) is -0.923. The van der Waals surface area contributed by atoms with E-state index in [-0.39, 0.29) is 16.5 Å². The lowest BCUT2D eigenvalue weighted by Gasteiger charge is -2.01. The molecule has 0 atom stereocenters. The highest BCUT2D eigenvalue weighted by Gasteiger charge is 2.24. The molecule has 1 saturated heterocycles. The fourth-order valence-electron chi connectivity index (χ4n) is 1.88. The fourth-order valence-corrected chi connectivity index (χ4v) is 3.22. The molecular weight excluding hydrogens is 420 g/mol. The van der Waals surface area contributed by atoms with E-state index in [0.29, 0.717) is 26.2 Å². The van der Waals surface area contributed by atoms with Gasteiger partial charge in [-0.05, 0) is 58.0 Å². The molecule has 1 aromatic carbocycles. The van der Waals surface area contributed by atoms with Crippen LogP contribution >= 0.6 is 39.3 Å². The van der Waals surface area contributed by atoms with Crippen LogP contribution in [0.1, 0.15) is 16.1 Å². The first-order valence-electron chi connectivity index (χ1n) is 6.50. The second-order valence-electron chi connectivity index (χ2n) is 4.59. The number of aliphatic imine (C=N–C) groups is 1. The number of amidine groups is 1. The molecule has 0 spiro atoms. The van der Waals surface area contributed by atoms with Crippen LogP contribution in [0.5, 0.6) is 0 Å². The van der Waals surface area contributed by atoms with Gasteiger partial charge in [-0.25, -0.2) is 9.79 Å². The molecular formula is C15H8BrClN2O4S. The zero-order chi connectivity index (χ0) is 17.3. The predicted octanol–water partition coefficient (Wildman–Crippen LogP) is 4.29. The largest absolute Gasteiger partial charge is 0.478 e. The molecule has 0 unspecified atom stereocenters. The molecule has 0 aliphatic carbocycles. The van der Waals surface area contributed by atoms with E-state index in [0.717, 1.165) is 11.8 Å². The first-order chi connectivity index (χ1) is 11.4. The van der Waals surface area contributed by atoms with E-state index in [4.69, 9.17) is 21.1 Å². The van der Waals surface area contributed by atoms with Gasteiger partial charge in [-0.15, -0.1) is 0 Å². The van der Waals surface area contributed by atoms with Gasteiger partial charge in [0.15, 0.2) is 9.84 Å². The van der Waals surface area contributed by atoms with Crippen LogP contribution in [-0.2, 0) is 4.79 Å². The van der Waals surface area contributed by atoms with Gasteiger partial charge in [0.1, 0.15) is 5.76 Å². The topological polar surface area (TPSA) is 91.9 Å². The molecule has 0 radical (unpaired) electrons. The molecule has 6 nitrogen and oxygen atoms in total. The first-order valence-corrected chi connectivity index (χ1v) is 8.49. The summed E-state index contributed by atoms with van der Waals surface area (Å²) in [6.45, 7) is 0. The fraction of sp³-hybridized carbons (Fsp3) is 0. The molecule has 9 heteroatoms. The molecule has 122 valence electrons. The summed E-state index contributed by atoms with van der Waals surface area (Å²) < 4.78 is 5.89. The Balaban J connectivity index is 1.85. The number of carbonyl (C=O) groups is 2. The lowest BCUT2D eigenvalue weighted by Crippen LogP contribution is -2.19. The Morgan fingerprint density at radius 2 is 2.17 bits per heavy atom. The van der Waals surface area contributed by atoms with E-state index >= 15 is 0 Å². The van der Waals surface area contributed by atoms with Crippen LogP contribution in [0.15, 0.2) is 49.3 Å². The second kappa shape index (κ2) is 6.84. The van der Waals surface area contributed by atoms with Gasteiger partial charge < -0.3 is 14.8 Å². The molecule has 0 bridgehead atoms. The number of hydrogen-bond acceptors (Lipinski definition) is 5. The molecule has 1 aliphatic heterocycles. The molecule has 1 fully saturated rings. The van der Waals surface area contributed by atoms with E-state index in [9.17, 15) is 9.59 Å². The number of amides is 1. The zero-order valence-corrected chi connectivity index (χ0v) is 14.9. The Labute approximate surface area is 153 Å². The number of rotatable bonds is 3. The maximum atomic E-state index is 12.0. The predicted molar refractivity (Wildman–Crippen MR) is 95.6 cm³/mol. The number of carbonyl (C=O) groups excluding carboxylic acids is 1. The van der Waals surface area contributed by atoms with E-state index < -0.39 is 5.97 Å². The number of aromatic carboxylic acids is 1. The molecule has 1 aromatic heterocycles. The normalized spacial score (nSPS) is 17.5. The minimum Gasteiger partial charge on any atom is -0.478 e. The number of nitrogens with zero attached hydrogens (tertiary/aromatic N) is 1. The van der Waals surface area contributed by atoms with Gasteiger partial charge in [-0.1, -0.05) is 11.6 Å². The van der Waals surface area contributed by atoms with Gasteiger partial charge in [0, 0.05) is 6.08 Å². The average molecular weight is 428 g/mol. The van der Waals surface area contributed by atoms with E-state index in [1.54, 1.807) is 24.3 Å². The molecule has 2 aromatic rings. The maximum absolute atomic E-state index is 12.0. The molecule has 24 heavy (non-hydrogen) atoms. The number of carboxylic acid groups (broad SMARTS) is 1. The summed E-state index contributed by atoms with van der Waals surface area (Å²) in [4.78, 5) is 27.7. The molecule has 2 N–H and O–H groups in total. The van der Waals surface area contributed by atoms with E-state index in [1.165, 1.54) is 12.1 Å². The smallest absolute Gasteiger partial charge is 0.337 e. The van der Waals surface area contributed by atoms with Gasteiger partial charge in [0.05, 0.1) is 21.2 Å². The van der Waals surface area contributed by atoms with Crippen LogP contribution in [0.4, 0.5) is 5.69 Å². The zero-order valence-electron chi connectivity index (χ0n) is 11.7. The monoisotopic (exact) mass is 426 g/mol. The summed E-state index contributed by atoms with van der Waals surface area (Å²) in [5.41, 5.74) is 0.325. The Hall–Kier alpha value is -2.03. The highest BCUT2D eigenvalue weighted by Crippen LogP contribution is 2.30. The van der Waals surface area contributed by atoms with Crippen molar-refractivity contribution in [3.8, 4) is 0 Å². The lowest BCUT2D eigenvalue weighted by molar-refractivity contribution is -0.115. The maximum Gasteiger partial charge on any atom is 0.337 e. The van der Waals surface area contributed by atoms with Crippen molar-refractivity contribution < 1.29 is 19.1 Å². The quantitative estimate of drug-likeness (QED) is 0.713. The Morgan fingerprint density at radius 3 is 2.83 bits per heavy atom. The van der Waals surface area contributed by atoms with E-state index in [2.05, 4.69) is 26.2 Å². The second-order valence-corrected chi connectivity index (χ2v) is 6.81. The number of thioether (sulfide) groups is 1. The van der Waals surface area contributed by atoms with Gasteiger partial charge in [-0.2, -0.15) is 0 Å². The van der Waals surface area contributed by atoms with Crippen molar-refractivity contribution >= 4 is 68.1 Å². The van der Waals surface area contributed by atoms with Crippen LogP contribution in [0.3, 0.4) is 0 Å². The van der Waals surface area contributed by atoms with Gasteiger partial charge in [-0.3, -0.25) is 4.79 Å². The summed E-state index contributed by atoms with van der Waals surface area (Å²) in [5, 5.41) is 12.2. The van der Waals surface area contributed by atoms with Crippen molar-refractivity contribution in [1.29, 1.82) is 0 Å². The lowest BCUT2D eigenvalue weighted by atomic mass is 10.2. The number of nitrogens with one attached hydrogen (secondary N) is 1. The average Bonchev–Trinajstić information content (AvgIpc) is 3.07. The Morgan fingerprint density at radius 1 is 1.38 bits per heavy atom. The van der Waals surface area contributed by atoms with Crippen LogP contribution in [-0.4, -0.2) is 22.2 Å². The minimum absolute atomic E-state index is 0.0518. The van der Waals surface area contributed by atoms with Crippen LogP contribution in [0.25, 0.3) is 6.08 Å². The van der Waals surface area contributed by atoms with E-state index in [1.807, 2.05) is 0 Å². The van der Waals surface area contributed by atoms with Crippen molar-refractivity contribution in [2.75, 3.05) is 0 Å². The molecule has 1 amide bonds. The number of carboxylic acids is 1. The van der Waals surface area contributed by atoms with Gasteiger partial charge in [0.2, 0.25) is 0 Å². The number of benzene rings is 1. The van der Waals surface area contributed by atoms with Crippen molar-refractivity contribution in [3.63, 3.8) is 0 Å². The van der Waals surface area contributed by atoms with Gasteiger partial charge >= 0.3 is 5.97 Å². The van der Waals surface area contributed by atoms with Crippen LogP contribution in [0.2, 0.25) is 5.02 Å². The first kappa shape index (κ1) is 16.8. The van der Waals surface area contributed by atoms with Crippen LogP contribution in [0, 0.1) is 0 Å². The van der Waals surface area contributed by atoms with Crippen LogP contribution < -0.4 is 5.32 Å². The SMILES string of the molecule is O=C1NC(=Nc2ccc(Cl)c(C(=O)O)c2)S/C1=C\c1ccc(Br)o1. The third kappa shape index (κ3) is 3.72. The molecule has 3 rings (SSSR count). The summed E-state index contributed by atoms with van der Waals surface area (Å²) in [7, 11) is 0. The summed E-state index contributed by atoms with van der Waals surface area (Å²) in [6.07, 6.45) is 1.60. The highest BCUT2D eigenvalue weighted by molar-refractivity contribution is 9.10. The van der Waals surface area contributed by atoms with Gasteiger partial charge in [0.25, 0.3) is 5.91 Å². The summed E-state index contributed by atoms with van der Waals surface area (Å²) >= 11 is 10.1. The molecule has 0 saturated carbocycles. The Bertz CT molecular complexity index is 907. The molecule has 1 aliphatic rings. The minimum atomic E-state index is -1.14. The third-order valence-electron chi connectivity index (χ3n) is 2.93. The number of furan rings is 1. The highest BCUT2D eigenvalue weighted by atomic mass is 79.9. The Kier molecular flexibility index (Phi) is 4.79.